The number of aromatic nitrogens is 2. The molecule has 3 rings (SSSR count). The molecule has 2 heterocycles. The molecule has 2 aromatic heterocycles. The molecule has 110 valence electrons. The van der Waals surface area contributed by atoms with E-state index in [9.17, 15) is 4.79 Å². The Balaban J connectivity index is 1.71. The Bertz CT molecular complexity index is 786. The molecular formula is C18H17N3O. The zero-order valence-electron chi connectivity index (χ0n) is 12.4. The van der Waals surface area contributed by atoms with Crippen molar-refractivity contribution in [3.63, 3.8) is 0 Å². The Morgan fingerprint density at radius 3 is 2.59 bits per heavy atom. The molecule has 0 N–H and O–H groups in total. The molecule has 22 heavy (non-hydrogen) atoms. The van der Waals surface area contributed by atoms with Crippen molar-refractivity contribution in [2.75, 3.05) is 13.6 Å². The van der Waals surface area contributed by atoms with E-state index in [1.807, 2.05) is 42.5 Å². The quantitative estimate of drug-likeness (QED) is 0.742. The van der Waals surface area contributed by atoms with Gasteiger partial charge in [0.25, 0.3) is 5.91 Å². The van der Waals surface area contributed by atoms with Gasteiger partial charge in [0, 0.05) is 37.6 Å². The second kappa shape index (κ2) is 6.35. The molecule has 3 aromatic rings. The molecule has 0 fully saturated rings. The van der Waals surface area contributed by atoms with Crippen LogP contribution in [0.25, 0.3) is 10.8 Å². The third-order valence-electron chi connectivity index (χ3n) is 3.68. The normalized spacial score (nSPS) is 10.6. The van der Waals surface area contributed by atoms with Gasteiger partial charge in [0.15, 0.2) is 0 Å². The first-order chi connectivity index (χ1) is 10.7. The van der Waals surface area contributed by atoms with Crippen LogP contribution in [0.2, 0.25) is 0 Å². The van der Waals surface area contributed by atoms with E-state index in [4.69, 9.17) is 0 Å². The monoisotopic (exact) mass is 291 g/mol. The minimum absolute atomic E-state index is 0.0557. The summed E-state index contributed by atoms with van der Waals surface area (Å²) in [6.45, 7) is 0.650. The lowest BCUT2D eigenvalue weighted by molar-refractivity contribution is 0.0791. The van der Waals surface area contributed by atoms with Crippen molar-refractivity contribution >= 4 is 16.7 Å². The molecule has 0 saturated carbocycles. The van der Waals surface area contributed by atoms with Gasteiger partial charge in [-0.05, 0) is 35.6 Å². The number of pyridine rings is 2. The summed E-state index contributed by atoms with van der Waals surface area (Å²) in [5, 5.41) is 2.07. The summed E-state index contributed by atoms with van der Waals surface area (Å²) in [6, 6.07) is 13.7. The maximum Gasteiger partial charge on any atom is 0.272 e. The zero-order valence-corrected chi connectivity index (χ0v) is 12.4. The van der Waals surface area contributed by atoms with Crippen molar-refractivity contribution in [3.8, 4) is 0 Å². The van der Waals surface area contributed by atoms with E-state index in [1.54, 1.807) is 30.5 Å². The first-order valence-electron chi connectivity index (χ1n) is 7.23. The summed E-state index contributed by atoms with van der Waals surface area (Å²) in [7, 11) is 1.81. The van der Waals surface area contributed by atoms with Gasteiger partial charge in [0.2, 0.25) is 0 Å². The van der Waals surface area contributed by atoms with Crippen LogP contribution in [0.3, 0.4) is 0 Å². The smallest absolute Gasteiger partial charge is 0.272 e. The average molecular weight is 291 g/mol. The van der Waals surface area contributed by atoms with Crippen LogP contribution >= 0.6 is 0 Å². The van der Waals surface area contributed by atoms with Gasteiger partial charge in [-0.25, -0.2) is 0 Å². The molecule has 0 radical (unpaired) electrons. The molecule has 1 amide bonds. The summed E-state index contributed by atoms with van der Waals surface area (Å²) in [5.74, 6) is -0.0557. The number of benzene rings is 1. The SMILES string of the molecule is CN(CCc1ccncc1)C(=O)c1cc2ccccc2cn1. The molecule has 0 saturated heterocycles. The maximum absolute atomic E-state index is 12.5. The van der Waals surface area contributed by atoms with Crippen LogP contribution in [0.5, 0.6) is 0 Å². The van der Waals surface area contributed by atoms with Crippen molar-refractivity contribution in [1.29, 1.82) is 0 Å². The largest absolute Gasteiger partial charge is 0.340 e. The lowest BCUT2D eigenvalue weighted by Gasteiger charge is -2.16. The number of rotatable bonds is 4. The average Bonchev–Trinajstić information content (AvgIpc) is 2.59. The summed E-state index contributed by atoms with van der Waals surface area (Å²) in [4.78, 5) is 22.4. The Hall–Kier alpha value is -2.75. The molecule has 0 spiro atoms. The fourth-order valence-corrected chi connectivity index (χ4v) is 2.34. The number of hydrogen-bond acceptors (Lipinski definition) is 3. The first kappa shape index (κ1) is 14.2. The summed E-state index contributed by atoms with van der Waals surface area (Å²) < 4.78 is 0. The van der Waals surface area contributed by atoms with Gasteiger partial charge in [-0.2, -0.15) is 0 Å². The topological polar surface area (TPSA) is 46.1 Å². The van der Waals surface area contributed by atoms with E-state index < -0.39 is 0 Å². The molecule has 4 heteroatoms. The second-order valence-electron chi connectivity index (χ2n) is 5.25. The molecular weight excluding hydrogens is 274 g/mol. The molecule has 0 atom stereocenters. The highest BCUT2D eigenvalue weighted by Crippen LogP contribution is 2.14. The lowest BCUT2D eigenvalue weighted by atomic mass is 10.1. The van der Waals surface area contributed by atoms with E-state index >= 15 is 0 Å². The fourth-order valence-electron chi connectivity index (χ4n) is 2.34. The molecule has 0 unspecified atom stereocenters. The van der Waals surface area contributed by atoms with E-state index in [2.05, 4.69) is 9.97 Å². The fraction of sp³-hybridized carbons (Fsp3) is 0.167. The van der Waals surface area contributed by atoms with Crippen LogP contribution in [0, 0.1) is 0 Å². The van der Waals surface area contributed by atoms with Gasteiger partial charge in [0.1, 0.15) is 5.69 Å². The highest BCUT2D eigenvalue weighted by Gasteiger charge is 2.13. The Labute approximate surface area is 129 Å². The first-order valence-corrected chi connectivity index (χ1v) is 7.23. The minimum Gasteiger partial charge on any atom is -0.340 e. The summed E-state index contributed by atoms with van der Waals surface area (Å²) in [5.41, 5.74) is 1.65. The van der Waals surface area contributed by atoms with Crippen LogP contribution in [0.4, 0.5) is 0 Å². The van der Waals surface area contributed by atoms with Gasteiger partial charge >= 0.3 is 0 Å². The number of fused-ring (bicyclic) bond motifs is 1. The predicted octanol–water partition coefficient (Wildman–Crippen LogP) is 2.94. The summed E-state index contributed by atoms with van der Waals surface area (Å²) in [6.07, 6.45) is 6.09. The number of carbonyl (C=O) groups excluding carboxylic acids is 1. The van der Waals surface area contributed by atoms with Crippen LogP contribution in [-0.4, -0.2) is 34.4 Å². The molecule has 0 aliphatic rings. The van der Waals surface area contributed by atoms with Crippen LogP contribution in [0.15, 0.2) is 61.1 Å². The number of carbonyl (C=O) groups is 1. The third kappa shape index (κ3) is 3.11. The summed E-state index contributed by atoms with van der Waals surface area (Å²) >= 11 is 0. The number of nitrogens with zero attached hydrogens (tertiary/aromatic N) is 3. The lowest BCUT2D eigenvalue weighted by Crippen LogP contribution is -2.29. The van der Waals surface area contributed by atoms with E-state index in [-0.39, 0.29) is 5.91 Å². The Morgan fingerprint density at radius 2 is 1.82 bits per heavy atom. The second-order valence-corrected chi connectivity index (χ2v) is 5.25. The van der Waals surface area contributed by atoms with Gasteiger partial charge in [-0.15, -0.1) is 0 Å². The predicted molar refractivity (Wildman–Crippen MR) is 86.6 cm³/mol. The van der Waals surface area contributed by atoms with Gasteiger partial charge in [-0.3, -0.25) is 14.8 Å². The van der Waals surface area contributed by atoms with Gasteiger partial charge in [-0.1, -0.05) is 24.3 Å². The van der Waals surface area contributed by atoms with Crippen molar-refractivity contribution in [2.45, 2.75) is 6.42 Å². The number of amides is 1. The Morgan fingerprint density at radius 1 is 1.09 bits per heavy atom. The van der Waals surface area contributed by atoms with Crippen molar-refractivity contribution in [3.05, 3.63) is 72.3 Å². The van der Waals surface area contributed by atoms with Crippen LogP contribution < -0.4 is 0 Å². The molecule has 1 aromatic carbocycles. The molecule has 4 nitrogen and oxygen atoms in total. The van der Waals surface area contributed by atoms with Gasteiger partial charge < -0.3 is 4.90 Å². The zero-order chi connectivity index (χ0) is 15.4. The van der Waals surface area contributed by atoms with Gasteiger partial charge in [0.05, 0.1) is 0 Å². The number of likely N-dealkylation sites (N-methyl/N-ethyl adjacent to an activating group) is 1. The highest BCUT2D eigenvalue weighted by atomic mass is 16.2. The maximum atomic E-state index is 12.5. The van der Waals surface area contributed by atoms with Crippen molar-refractivity contribution in [2.24, 2.45) is 0 Å². The third-order valence-corrected chi connectivity index (χ3v) is 3.68. The number of hydrogen-bond donors (Lipinski definition) is 0. The highest BCUT2D eigenvalue weighted by molar-refractivity contribution is 5.96. The molecule has 0 bridgehead atoms. The van der Waals surface area contributed by atoms with Crippen molar-refractivity contribution in [1.82, 2.24) is 14.9 Å². The Kier molecular flexibility index (Phi) is 4.10. The standard InChI is InChI=1S/C18H17N3O/c1-21(11-8-14-6-9-19-10-7-14)18(22)17-12-15-4-2-3-5-16(15)13-20-17/h2-7,9-10,12-13H,8,11H2,1H3. The minimum atomic E-state index is -0.0557. The van der Waals surface area contributed by atoms with E-state index in [0.29, 0.717) is 12.2 Å². The van der Waals surface area contributed by atoms with E-state index in [0.717, 1.165) is 17.2 Å². The van der Waals surface area contributed by atoms with Crippen LogP contribution in [0.1, 0.15) is 16.1 Å². The van der Waals surface area contributed by atoms with E-state index in [1.165, 1.54) is 5.56 Å². The van der Waals surface area contributed by atoms with Crippen LogP contribution in [-0.2, 0) is 6.42 Å². The molecule has 0 aliphatic carbocycles. The van der Waals surface area contributed by atoms with Crippen molar-refractivity contribution < 1.29 is 4.79 Å². The molecule has 0 aliphatic heterocycles.